The van der Waals surface area contributed by atoms with E-state index in [2.05, 4.69) is 11.6 Å². The summed E-state index contributed by atoms with van der Waals surface area (Å²) in [5.41, 5.74) is 6.39. The molecule has 0 aliphatic heterocycles. The molecule has 0 aromatic carbocycles. The largest absolute Gasteiger partial charge is 0.322 e. The van der Waals surface area contributed by atoms with Crippen molar-refractivity contribution < 1.29 is 4.39 Å². The van der Waals surface area contributed by atoms with Gasteiger partial charge in [0.2, 0.25) is 0 Å². The third-order valence-electron chi connectivity index (χ3n) is 1.55. The first-order valence-electron chi connectivity index (χ1n) is 3.72. The topological polar surface area (TPSA) is 38.9 Å². The van der Waals surface area contributed by atoms with Crippen LogP contribution in [-0.2, 0) is 0 Å². The molecule has 3 heteroatoms. The van der Waals surface area contributed by atoms with E-state index in [0.717, 1.165) is 6.20 Å². The number of hydrogen-bond acceptors (Lipinski definition) is 2. The number of nitrogens with two attached hydrogens (primary N) is 1. The van der Waals surface area contributed by atoms with Crippen LogP contribution in [0, 0.1) is 5.82 Å². The van der Waals surface area contributed by atoms with E-state index >= 15 is 0 Å². The number of nitrogens with zero attached hydrogens (tertiary/aromatic N) is 1. The Hall–Kier alpha value is -1.22. The van der Waals surface area contributed by atoms with Gasteiger partial charge in [0.25, 0.3) is 0 Å². The number of halogens is 1. The molecule has 1 atom stereocenters. The van der Waals surface area contributed by atoms with E-state index in [1.54, 1.807) is 12.1 Å². The van der Waals surface area contributed by atoms with Gasteiger partial charge < -0.3 is 5.73 Å². The van der Waals surface area contributed by atoms with Crippen LogP contribution in [0.3, 0.4) is 0 Å². The highest BCUT2D eigenvalue weighted by Gasteiger charge is 2.04. The Balaban J connectivity index is 2.74. The predicted octanol–water partition coefficient (Wildman–Crippen LogP) is 1.80. The summed E-state index contributed by atoms with van der Waals surface area (Å²) in [6.45, 7) is 3.56. The van der Waals surface area contributed by atoms with Crippen LogP contribution in [-0.4, -0.2) is 4.98 Å². The van der Waals surface area contributed by atoms with E-state index in [4.69, 9.17) is 5.73 Å². The second kappa shape index (κ2) is 3.97. The molecular formula is C9H11FN2. The van der Waals surface area contributed by atoms with Crippen molar-refractivity contribution in [2.45, 2.75) is 12.5 Å². The molecule has 0 radical (unpaired) electrons. The molecule has 1 aromatic heterocycles. The van der Waals surface area contributed by atoms with Crippen LogP contribution in [0.5, 0.6) is 0 Å². The van der Waals surface area contributed by atoms with Crippen molar-refractivity contribution in [3.05, 3.63) is 42.5 Å². The molecule has 2 nitrogen and oxygen atoms in total. The molecule has 2 N–H and O–H groups in total. The molecule has 1 heterocycles. The Kier molecular flexibility index (Phi) is 2.94. The molecule has 0 fully saturated rings. The maximum absolute atomic E-state index is 12.4. The van der Waals surface area contributed by atoms with Gasteiger partial charge in [0.15, 0.2) is 0 Å². The molecular weight excluding hydrogens is 155 g/mol. The van der Waals surface area contributed by atoms with Crippen LogP contribution in [0.25, 0.3) is 0 Å². The molecule has 12 heavy (non-hydrogen) atoms. The van der Waals surface area contributed by atoms with Gasteiger partial charge in [0.05, 0.1) is 17.9 Å². The third kappa shape index (κ3) is 2.13. The van der Waals surface area contributed by atoms with Crippen molar-refractivity contribution in [1.82, 2.24) is 4.98 Å². The fraction of sp³-hybridized carbons (Fsp3) is 0.222. The molecule has 0 unspecified atom stereocenters. The van der Waals surface area contributed by atoms with Gasteiger partial charge in [-0.1, -0.05) is 6.08 Å². The van der Waals surface area contributed by atoms with Crippen molar-refractivity contribution in [2.75, 3.05) is 0 Å². The van der Waals surface area contributed by atoms with Gasteiger partial charge in [-0.2, -0.15) is 0 Å². The van der Waals surface area contributed by atoms with Crippen LogP contribution in [0.4, 0.5) is 4.39 Å². The highest BCUT2D eigenvalue weighted by atomic mass is 19.1. The lowest BCUT2D eigenvalue weighted by molar-refractivity contribution is 0.613. The lowest BCUT2D eigenvalue weighted by Crippen LogP contribution is -2.10. The number of aromatic nitrogens is 1. The molecule has 0 saturated carbocycles. The molecule has 0 amide bonds. The monoisotopic (exact) mass is 166 g/mol. The number of rotatable bonds is 3. The average Bonchev–Trinajstić information content (AvgIpc) is 2.06. The van der Waals surface area contributed by atoms with Crippen LogP contribution >= 0.6 is 0 Å². The second-order valence-electron chi connectivity index (χ2n) is 2.53. The zero-order chi connectivity index (χ0) is 8.97. The Bertz CT molecular complexity index is 256. The first kappa shape index (κ1) is 8.87. The summed E-state index contributed by atoms with van der Waals surface area (Å²) in [6.07, 6.45) is 3.53. The average molecular weight is 166 g/mol. The molecule has 0 spiro atoms. The number of pyridine rings is 1. The highest BCUT2D eigenvalue weighted by molar-refractivity contribution is 5.10. The molecule has 0 bridgehead atoms. The minimum atomic E-state index is -0.343. The predicted molar refractivity (Wildman–Crippen MR) is 45.9 cm³/mol. The Labute approximate surface area is 70.9 Å². The fourth-order valence-corrected chi connectivity index (χ4v) is 0.907. The molecule has 0 aliphatic rings. The van der Waals surface area contributed by atoms with Crippen LogP contribution in [0.1, 0.15) is 18.2 Å². The first-order chi connectivity index (χ1) is 5.74. The standard InChI is InChI=1S/C9H11FN2/c1-2-3-8(11)9-5-4-7(10)6-12-9/h2,4-6,8H,1,3,11H2/t8-/m0/s1. The van der Waals surface area contributed by atoms with Crippen molar-refractivity contribution in [3.8, 4) is 0 Å². The van der Waals surface area contributed by atoms with Gasteiger partial charge in [-0.25, -0.2) is 4.39 Å². The summed E-state index contributed by atoms with van der Waals surface area (Å²) in [6, 6.07) is 2.76. The molecule has 1 rings (SSSR count). The molecule has 0 saturated heterocycles. The van der Waals surface area contributed by atoms with Crippen molar-refractivity contribution >= 4 is 0 Å². The van der Waals surface area contributed by atoms with Gasteiger partial charge in [0.1, 0.15) is 5.82 Å². The van der Waals surface area contributed by atoms with E-state index in [9.17, 15) is 4.39 Å². The maximum Gasteiger partial charge on any atom is 0.141 e. The smallest absolute Gasteiger partial charge is 0.141 e. The van der Waals surface area contributed by atoms with Crippen LogP contribution in [0.2, 0.25) is 0 Å². The van der Waals surface area contributed by atoms with Crippen LogP contribution < -0.4 is 5.73 Å². The maximum atomic E-state index is 12.4. The van der Waals surface area contributed by atoms with E-state index in [1.807, 2.05) is 0 Å². The van der Waals surface area contributed by atoms with Crippen LogP contribution in [0.15, 0.2) is 31.0 Å². The van der Waals surface area contributed by atoms with Gasteiger partial charge in [-0.05, 0) is 18.6 Å². The molecule has 0 aliphatic carbocycles. The Morgan fingerprint density at radius 3 is 2.92 bits per heavy atom. The Morgan fingerprint density at radius 2 is 2.42 bits per heavy atom. The second-order valence-corrected chi connectivity index (χ2v) is 2.53. The Morgan fingerprint density at radius 1 is 1.67 bits per heavy atom. The minimum Gasteiger partial charge on any atom is -0.322 e. The minimum absolute atomic E-state index is 0.178. The van der Waals surface area contributed by atoms with Crippen molar-refractivity contribution in [1.29, 1.82) is 0 Å². The summed E-state index contributed by atoms with van der Waals surface area (Å²) in [5.74, 6) is -0.343. The summed E-state index contributed by atoms with van der Waals surface area (Å²) >= 11 is 0. The fourth-order valence-electron chi connectivity index (χ4n) is 0.907. The third-order valence-corrected chi connectivity index (χ3v) is 1.55. The zero-order valence-corrected chi connectivity index (χ0v) is 6.70. The van der Waals surface area contributed by atoms with Gasteiger partial charge in [-0.15, -0.1) is 6.58 Å². The lowest BCUT2D eigenvalue weighted by Gasteiger charge is -2.06. The summed E-state index contributed by atoms with van der Waals surface area (Å²) in [7, 11) is 0. The van der Waals surface area contributed by atoms with Gasteiger partial charge in [0, 0.05) is 0 Å². The summed E-state index contributed by atoms with van der Waals surface area (Å²) < 4.78 is 12.4. The van der Waals surface area contributed by atoms with E-state index in [1.165, 1.54) is 6.07 Å². The van der Waals surface area contributed by atoms with Gasteiger partial charge >= 0.3 is 0 Å². The van der Waals surface area contributed by atoms with E-state index in [0.29, 0.717) is 12.1 Å². The number of hydrogen-bond donors (Lipinski definition) is 1. The normalized spacial score (nSPS) is 12.5. The van der Waals surface area contributed by atoms with Crippen molar-refractivity contribution in [3.63, 3.8) is 0 Å². The van der Waals surface area contributed by atoms with E-state index < -0.39 is 0 Å². The summed E-state index contributed by atoms with van der Waals surface area (Å²) in [5, 5.41) is 0. The molecule has 1 aromatic rings. The van der Waals surface area contributed by atoms with E-state index in [-0.39, 0.29) is 11.9 Å². The SMILES string of the molecule is C=CC[C@H](N)c1ccc(F)cn1. The molecule has 64 valence electrons. The van der Waals surface area contributed by atoms with Gasteiger partial charge in [-0.3, -0.25) is 4.98 Å². The van der Waals surface area contributed by atoms with Crippen molar-refractivity contribution in [2.24, 2.45) is 5.73 Å². The quantitative estimate of drug-likeness (QED) is 0.695. The highest BCUT2D eigenvalue weighted by Crippen LogP contribution is 2.10. The first-order valence-corrected chi connectivity index (χ1v) is 3.72. The zero-order valence-electron chi connectivity index (χ0n) is 6.70. The summed E-state index contributed by atoms with van der Waals surface area (Å²) in [4.78, 5) is 3.85. The lowest BCUT2D eigenvalue weighted by atomic mass is 10.1.